The van der Waals surface area contributed by atoms with Crippen molar-refractivity contribution in [3.8, 4) is 6.07 Å². The van der Waals surface area contributed by atoms with Gasteiger partial charge in [-0.1, -0.05) is 0 Å². The van der Waals surface area contributed by atoms with E-state index in [2.05, 4.69) is 6.07 Å². The molecule has 3 aliphatic rings. The predicted octanol–water partition coefficient (Wildman–Crippen LogP) is 1.72. The lowest BCUT2D eigenvalue weighted by Crippen LogP contribution is -2.53. The van der Waals surface area contributed by atoms with Crippen molar-refractivity contribution in [2.24, 2.45) is 5.92 Å². The first-order valence-corrected chi connectivity index (χ1v) is 8.48. The van der Waals surface area contributed by atoms with Crippen molar-refractivity contribution in [2.75, 3.05) is 12.3 Å². The maximum absolute atomic E-state index is 12.9. The molecule has 3 fully saturated rings. The Balaban J connectivity index is 1.77. The van der Waals surface area contributed by atoms with Gasteiger partial charge in [0.25, 0.3) is 0 Å². The first-order valence-electron chi connectivity index (χ1n) is 7.43. The van der Waals surface area contributed by atoms with Crippen molar-refractivity contribution >= 4 is 23.8 Å². The highest BCUT2D eigenvalue weighted by atomic mass is 32.2. The summed E-state index contributed by atoms with van der Waals surface area (Å²) in [5.74, 6) is -0.00530. The molecule has 1 heterocycles. The van der Waals surface area contributed by atoms with Crippen LogP contribution < -0.4 is 0 Å². The molecule has 0 spiro atoms. The van der Waals surface area contributed by atoms with Gasteiger partial charge in [-0.25, -0.2) is 9.59 Å². The smallest absolute Gasteiger partial charge is 0.327 e. The molecule has 3 rings (SSSR count). The second kappa shape index (κ2) is 5.76. The summed E-state index contributed by atoms with van der Waals surface area (Å²) in [4.78, 5) is 27.6. The Hall–Kier alpha value is -1.42. The van der Waals surface area contributed by atoms with Gasteiger partial charge >= 0.3 is 12.0 Å². The summed E-state index contributed by atoms with van der Waals surface area (Å²) in [5, 5.41) is 18.1. The molecule has 114 valence electrons. The number of rotatable bonds is 5. The Kier molecular flexibility index (Phi) is 3.98. The average molecular weight is 309 g/mol. The predicted molar refractivity (Wildman–Crippen MR) is 77.6 cm³/mol. The molecule has 1 aliphatic heterocycles. The van der Waals surface area contributed by atoms with Crippen LogP contribution in [0.15, 0.2) is 0 Å². The number of thioether (sulfide) groups is 1. The van der Waals surface area contributed by atoms with Gasteiger partial charge in [-0.05, 0) is 31.6 Å². The zero-order valence-corrected chi connectivity index (χ0v) is 12.6. The third kappa shape index (κ3) is 2.95. The van der Waals surface area contributed by atoms with Crippen molar-refractivity contribution < 1.29 is 14.7 Å². The highest BCUT2D eigenvalue weighted by molar-refractivity contribution is 8.00. The van der Waals surface area contributed by atoms with Crippen LogP contribution in [-0.4, -0.2) is 56.7 Å². The third-order valence-corrected chi connectivity index (χ3v) is 5.73. The van der Waals surface area contributed by atoms with E-state index in [4.69, 9.17) is 5.26 Å². The first-order chi connectivity index (χ1) is 10.1. The molecular weight excluding hydrogens is 290 g/mol. The summed E-state index contributed by atoms with van der Waals surface area (Å²) in [5.41, 5.74) is 0. The monoisotopic (exact) mass is 309 g/mol. The second-order valence-electron chi connectivity index (χ2n) is 5.94. The summed E-state index contributed by atoms with van der Waals surface area (Å²) in [6, 6.07) is 1.37. The maximum Gasteiger partial charge on any atom is 0.327 e. The minimum absolute atomic E-state index is 0.00179. The lowest BCUT2D eigenvalue weighted by molar-refractivity contribution is -0.141. The Bertz CT molecular complexity index is 484. The van der Waals surface area contributed by atoms with Gasteiger partial charge in [0.05, 0.1) is 17.9 Å². The molecule has 1 N–H and O–H groups in total. The van der Waals surface area contributed by atoms with Crippen molar-refractivity contribution in [2.45, 2.75) is 49.6 Å². The van der Waals surface area contributed by atoms with Gasteiger partial charge in [0.2, 0.25) is 0 Å². The number of amides is 2. The molecule has 0 radical (unpaired) electrons. The van der Waals surface area contributed by atoms with Crippen molar-refractivity contribution in [3.05, 3.63) is 0 Å². The number of nitrogens with zero attached hydrogens (tertiary/aromatic N) is 3. The van der Waals surface area contributed by atoms with Crippen molar-refractivity contribution in [3.63, 3.8) is 0 Å². The van der Waals surface area contributed by atoms with Crippen LogP contribution >= 0.6 is 11.8 Å². The minimum atomic E-state index is -0.921. The van der Waals surface area contributed by atoms with Crippen molar-refractivity contribution in [1.82, 2.24) is 9.80 Å². The fourth-order valence-corrected chi connectivity index (χ4v) is 4.47. The normalized spacial score (nSPS) is 28.2. The fourth-order valence-electron chi connectivity index (χ4n) is 2.84. The van der Waals surface area contributed by atoms with Gasteiger partial charge < -0.3 is 10.0 Å². The quantitative estimate of drug-likeness (QED) is 0.836. The van der Waals surface area contributed by atoms with E-state index in [-0.39, 0.29) is 17.4 Å². The highest BCUT2D eigenvalue weighted by Crippen LogP contribution is 2.46. The van der Waals surface area contributed by atoms with Crippen LogP contribution in [0.25, 0.3) is 0 Å². The van der Waals surface area contributed by atoms with Crippen LogP contribution in [0, 0.1) is 17.2 Å². The molecule has 1 saturated heterocycles. The summed E-state index contributed by atoms with van der Waals surface area (Å²) < 4.78 is 0. The molecule has 7 heteroatoms. The van der Waals surface area contributed by atoms with Crippen LogP contribution in [0.3, 0.4) is 0 Å². The number of carboxylic acid groups (broad SMARTS) is 1. The molecule has 2 unspecified atom stereocenters. The Morgan fingerprint density at radius 1 is 1.33 bits per heavy atom. The number of urea groups is 1. The van der Waals surface area contributed by atoms with E-state index in [9.17, 15) is 14.7 Å². The molecule has 6 nitrogen and oxygen atoms in total. The van der Waals surface area contributed by atoms with E-state index in [1.54, 1.807) is 21.6 Å². The van der Waals surface area contributed by atoms with Crippen LogP contribution in [0.5, 0.6) is 0 Å². The van der Waals surface area contributed by atoms with Crippen molar-refractivity contribution in [1.29, 1.82) is 5.26 Å². The largest absolute Gasteiger partial charge is 0.480 e. The lowest BCUT2D eigenvalue weighted by Gasteiger charge is -2.33. The SMILES string of the molecule is N#CCCN(C(=O)N1C(C(=O)O)CSC1C1CC1)C1CC1. The topological polar surface area (TPSA) is 84.6 Å². The summed E-state index contributed by atoms with van der Waals surface area (Å²) in [7, 11) is 0. The summed E-state index contributed by atoms with van der Waals surface area (Å²) in [6.45, 7) is 0.408. The van der Waals surface area contributed by atoms with Gasteiger partial charge in [0.15, 0.2) is 0 Å². The third-order valence-electron chi connectivity index (χ3n) is 4.26. The van der Waals surface area contributed by atoms with E-state index in [1.165, 1.54) is 0 Å². The Morgan fingerprint density at radius 3 is 2.57 bits per heavy atom. The molecule has 0 aromatic heterocycles. The van der Waals surface area contributed by atoms with Gasteiger partial charge in [-0.3, -0.25) is 4.90 Å². The molecule has 21 heavy (non-hydrogen) atoms. The number of carbonyl (C=O) groups is 2. The molecule has 0 aromatic carbocycles. The first kappa shape index (κ1) is 14.5. The van der Waals surface area contributed by atoms with Crippen LogP contribution in [0.4, 0.5) is 4.79 Å². The van der Waals surface area contributed by atoms with Crippen LogP contribution in [-0.2, 0) is 4.79 Å². The lowest BCUT2D eigenvalue weighted by atomic mass is 10.2. The van der Waals surface area contributed by atoms with E-state index in [0.717, 1.165) is 25.7 Å². The number of hydrogen-bond donors (Lipinski definition) is 1. The Morgan fingerprint density at radius 2 is 2.05 bits per heavy atom. The van der Waals surface area contributed by atoms with Gasteiger partial charge in [0, 0.05) is 18.3 Å². The molecular formula is C14H19N3O3S. The molecule has 2 atom stereocenters. The number of aliphatic carboxylic acids is 1. The second-order valence-corrected chi connectivity index (χ2v) is 7.09. The number of hydrogen-bond acceptors (Lipinski definition) is 4. The zero-order chi connectivity index (χ0) is 15.0. The van der Waals surface area contributed by atoms with E-state index >= 15 is 0 Å². The molecule has 0 aromatic rings. The van der Waals surface area contributed by atoms with Gasteiger partial charge in [-0.15, -0.1) is 11.8 Å². The molecule has 2 amide bonds. The summed E-state index contributed by atoms with van der Waals surface area (Å²) in [6.07, 6.45) is 4.38. The standard InChI is InChI=1S/C14H19N3O3S/c15-6-1-7-16(10-4-5-10)14(20)17-11(13(18)19)8-21-12(17)9-2-3-9/h9-12H,1-5,7-8H2,(H,18,19). The fraction of sp³-hybridized carbons (Fsp3) is 0.786. The van der Waals surface area contributed by atoms with Crippen LogP contribution in [0.2, 0.25) is 0 Å². The van der Waals surface area contributed by atoms with Crippen LogP contribution in [0.1, 0.15) is 32.1 Å². The van der Waals surface area contributed by atoms with E-state index < -0.39 is 12.0 Å². The molecule has 2 saturated carbocycles. The molecule has 2 aliphatic carbocycles. The summed E-state index contributed by atoms with van der Waals surface area (Å²) >= 11 is 1.59. The Labute approximate surface area is 128 Å². The highest BCUT2D eigenvalue weighted by Gasteiger charge is 2.50. The van der Waals surface area contributed by atoms with Gasteiger partial charge in [-0.2, -0.15) is 5.26 Å². The number of nitriles is 1. The van der Waals surface area contributed by atoms with E-state index in [1.807, 2.05) is 0 Å². The van der Waals surface area contributed by atoms with E-state index in [0.29, 0.717) is 24.6 Å². The number of carboxylic acids is 1. The number of carbonyl (C=O) groups excluding carboxylic acids is 1. The average Bonchev–Trinajstić information content (AvgIpc) is 3.37. The molecule has 0 bridgehead atoms. The minimum Gasteiger partial charge on any atom is -0.480 e. The maximum atomic E-state index is 12.9. The zero-order valence-electron chi connectivity index (χ0n) is 11.8. The van der Waals surface area contributed by atoms with Gasteiger partial charge in [0.1, 0.15) is 6.04 Å².